The van der Waals surface area contributed by atoms with Gasteiger partial charge >= 0.3 is 0 Å². The van der Waals surface area contributed by atoms with Gasteiger partial charge in [-0.25, -0.2) is 9.67 Å². The van der Waals surface area contributed by atoms with E-state index >= 15 is 0 Å². The van der Waals surface area contributed by atoms with Crippen molar-refractivity contribution < 1.29 is 4.79 Å². The molecular formula is C20H28N6O. The summed E-state index contributed by atoms with van der Waals surface area (Å²) >= 11 is 0. The zero-order valence-corrected chi connectivity index (χ0v) is 16.2. The summed E-state index contributed by atoms with van der Waals surface area (Å²) in [6.45, 7) is 4.90. The van der Waals surface area contributed by atoms with E-state index in [9.17, 15) is 4.79 Å². The first-order valence-electron chi connectivity index (χ1n) is 10.2. The van der Waals surface area contributed by atoms with E-state index in [-0.39, 0.29) is 17.0 Å². The van der Waals surface area contributed by atoms with Crippen LogP contribution in [0.15, 0.2) is 18.9 Å². The van der Waals surface area contributed by atoms with E-state index in [2.05, 4.69) is 32.1 Å². The van der Waals surface area contributed by atoms with Crippen LogP contribution in [0.2, 0.25) is 0 Å². The number of hydrogen-bond donors (Lipinski definition) is 1. The number of nitrogens with zero attached hydrogens (tertiary/aromatic N) is 5. The minimum atomic E-state index is -0.119. The summed E-state index contributed by atoms with van der Waals surface area (Å²) in [5.41, 5.74) is 1.44. The highest BCUT2D eigenvalue weighted by Crippen LogP contribution is 2.60. The molecule has 0 radical (unpaired) electrons. The molecule has 2 aromatic rings. The third-order valence-electron chi connectivity index (χ3n) is 6.96. The van der Waals surface area contributed by atoms with E-state index in [0.717, 1.165) is 50.8 Å². The van der Waals surface area contributed by atoms with Crippen LogP contribution < -0.4 is 5.32 Å². The van der Waals surface area contributed by atoms with E-state index in [1.165, 1.54) is 6.42 Å². The van der Waals surface area contributed by atoms with Crippen LogP contribution in [0.3, 0.4) is 0 Å². The lowest BCUT2D eigenvalue weighted by Crippen LogP contribution is -2.65. The second-order valence-electron chi connectivity index (χ2n) is 9.15. The number of rotatable bonds is 5. The zero-order chi connectivity index (χ0) is 18.6. The maximum atomic E-state index is 13.2. The van der Waals surface area contributed by atoms with Crippen molar-refractivity contribution in [2.24, 2.45) is 11.8 Å². The zero-order valence-electron chi connectivity index (χ0n) is 16.2. The quantitative estimate of drug-likeness (QED) is 0.880. The Balaban J connectivity index is 1.42. The Bertz CT molecular complexity index is 840. The number of hydrogen-bond acceptors (Lipinski definition) is 4. The highest BCUT2D eigenvalue weighted by molar-refractivity contribution is 5.95. The Morgan fingerprint density at radius 3 is 2.74 bits per heavy atom. The van der Waals surface area contributed by atoms with Gasteiger partial charge in [0.15, 0.2) is 0 Å². The number of nitrogens with one attached hydrogen (secondary N) is 1. The fourth-order valence-electron chi connectivity index (χ4n) is 6.47. The summed E-state index contributed by atoms with van der Waals surface area (Å²) in [6, 6.07) is 0. The predicted octanol–water partition coefficient (Wildman–Crippen LogP) is 2.67. The molecule has 1 N–H and O–H groups in total. The maximum absolute atomic E-state index is 13.2. The first-order chi connectivity index (χ1) is 13.0. The van der Waals surface area contributed by atoms with Crippen molar-refractivity contribution in [2.45, 2.75) is 76.4 Å². The predicted molar refractivity (Wildman–Crippen MR) is 100 cm³/mol. The van der Waals surface area contributed by atoms with Gasteiger partial charge in [-0.3, -0.25) is 9.48 Å². The van der Waals surface area contributed by atoms with Crippen LogP contribution in [0.4, 0.5) is 0 Å². The van der Waals surface area contributed by atoms with Crippen molar-refractivity contribution in [2.75, 3.05) is 0 Å². The molecule has 7 nitrogen and oxygen atoms in total. The van der Waals surface area contributed by atoms with Crippen LogP contribution in [0, 0.1) is 18.8 Å². The lowest BCUT2D eigenvalue weighted by atomic mass is 9.50. The van der Waals surface area contributed by atoms with Crippen LogP contribution in [0.1, 0.15) is 67.9 Å². The van der Waals surface area contributed by atoms with Gasteiger partial charge in [0, 0.05) is 18.3 Å². The number of carbonyl (C=O) groups is 1. The monoisotopic (exact) mass is 368 g/mol. The highest BCUT2D eigenvalue weighted by atomic mass is 16.1. The van der Waals surface area contributed by atoms with E-state index in [1.807, 2.05) is 24.1 Å². The average Bonchev–Trinajstić information content (AvgIpc) is 3.24. The smallest absolute Gasteiger partial charge is 0.255 e. The van der Waals surface area contributed by atoms with E-state index in [4.69, 9.17) is 0 Å². The molecule has 27 heavy (non-hydrogen) atoms. The molecule has 144 valence electrons. The molecule has 2 aromatic heterocycles. The Kier molecular flexibility index (Phi) is 3.71. The highest BCUT2D eigenvalue weighted by Gasteiger charge is 2.59. The summed E-state index contributed by atoms with van der Waals surface area (Å²) in [5.74, 6) is 1.37. The van der Waals surface area contributed by atoms with Crippen molar-refractivity contribution in [3.05, 3.63) is 30.1 Å². The van der Waals surface area contributed by atoms with E-state index in [1.54, 1.807) is 6.33 Å². The molecule has 2 unspecified atom stereocenters. The van der Waals surface area contributed by atoms with Crippen LogP contribution >= 0.6 is 0 Å². The van der Waals surface area contributed by atoms with Gasteiger partial charge in [-0.15, -0.1) is 0 Å². The Hall–Kier alpha value is -2.18. The molecule has 2 atom stereocenters. The second kappa shape index (κ2) is 5.91. The summed E-state index contributed by atoms with van der Waals surface area (Å²) in [5, 5.41) is 12.5. The van der Waals surface area contributed by atoms with Gasteiger partial charge in [0.05, 0.1) is 16.8 Å². The molecular weight excluding hydrogens is 340 g/mol. The lowest BCUT2D eigenvalue weighted by molar-refractivity contribution is -0.0744. The average molecular weight is 368 g/mol. The SMILES string of the molecule is CCCn1cc(C(=O)NC23CC4CC(C2)CC(n2cncn2)(C4)C3)c(C)n1. The molecule has 0 spiro atoms. The van der Waals surface area contributed by atoms with E-state index in [0.29, 0.717) is 17.4 Å². The van der Waals surface area contributed by atoms with Crippen LogP contribution in [0.5, 0.6) is 0 Å². The van der Waals surface area contributed by atoms with Crippen molar-refractivity contribution in [3.8, 4) is 0 Å². The molecule has 4 aliphatic carbocycles. The molecule has 0 aliphatic heterocycles. The minimum absolute atomic E-state index is 0.0231. The number of amides is 1. The molecule has 4 aliphatic rings. The third kappa shape index (κ3) is 2.70. The first-order valence-corrected chi connectivity index (χ1v) is 10.2. The standard InChI is InChI=1S/C20H28N6O/c1-3-4-25-10-17(14(2)24-25)18(27)23-19-6-15-5-16(7-19)9-20(8-15,11-19)26-13-21-12-22-26/h10,12-13,15-16H,3-9,11H2,1-2H3,(H,23,27). The number of carbonyl (C=O) groups excluding carboxylic acids is 1. The number of aryl methyl sites for hydroxylation is 2. The molecule has 4 bridgehead atoms. The molecule has 0 saturated heterocycles. The van der Waals surface area contributed by atoms with Gasteiger partial charge in [0.2, 0.25) is 0 Å². The van der Waals surface area contributed by atoms with Gasteiger partial charge in [-0.2, -0.15) is 10.2 Å². The fourth-order valence-corrected chi connectivity index (χ4v) is 6.47. The van der Waals surface area contributed by atoms with Gasteiger partial charge in [0.25, 0.3) is 5.91 Å². The Labute approximate surface area is 159 Å². The Morgan fingerprint density at radius 1 is 1.30 bits per heavy atom. The van der Waals surface area contributed by atoms with Gasteiger partial charge < -0.3 is 5.32 Å². The minimum Gasteiger partial charge on any atom is -0.346 e. The maximum Gasteiger partial charge on any atom is 0.255 e. The van der Waals surface area contributed by atoms with Crippen LogP contribution in [0.25, 0.3) is 0 Å². The third-order valence-corrected chi connectivity index (χ3v) is 6.96. The Morgan fingerprint density at radius 2 is 2.07 bits per heavy atom. The van der Waals surface area contributed by atoms with Gasteiger partial charge in [0.1, 0.15) is 12.7 Å². The molecule has 4 saturated carbocycles. The first kappa shape index (κ1) is 17.0. The largest absolute Gasteiger partial charge is 0.346 e. The molecule has 0 aromatic carbocycles. The van der Waals surface area contributed by atoms with Crippen molar-refractivity contribution in [1.82, 2.24) is 29.9 Å². The molecule has 7 heteroatoms. The summed E-state index contributed by atoms with van der Waals surface area (Å²) in [4.78, 5) is 17.4. The van der Waals surface area contributed by atoms with Crippen LogP contribution in [-0.4, -0.2) is 36.0 Å². The summed E-state index contributed by atoms with van der Waals surface area (Å²) in [6.07, 6.45) is 13.2. The number of aromatic nitrogens is 5. The van der Waals surface area contributed by atoms with Crippen LogP contribution in [-0.2, 0) is 12.1 Å². The van der Waals surface area contributed by atoms with Gasteiger partial charge in [-0.1, -0.05) is 6.92 Å². The van der Waals surface area contributed by atoms with Crippen molar-refractivity contribution in [3.63, 3.8) is 0 Å². The molecule has 6 rings (SSSR count). The van der Waals surface area contributed by atoms with Crippen molar-refractivity contribution in [1.29, 1.82) is 0 Å². The van der Waals surface area contributed by atoms with Gasteiger partial charge in [-0.05, 0) is 63.7 Å². The fraction of sp³-hybridized carbons (Fsp3) is 0.700. The molecule has 2 heterocycles. The molecule has 4 fully saturated rings. The normalized spacial score (nSPS) is 34.1. The second-order valence-corrected chi connectivity index (χ2v) is 9.15. The van der Waals surface area contributed by atoms with E-state index < -0.39 is 0 Å². The molecule has 1 amide bonds. The summed E-state index contributed by atoms with van der Waals surface area (Å²) < 4.78 is 3.97. The topological polar surface area (TPSA) is 77.6 Å². The van der Waals surface area contributed by atoms with Crippen molar-refractivity contribution >= 4 is 5.91 Å². The lowest BCUT2D eigenvalue weighted by Gasteiger charge is -2.61. The summed E-state index contributed by atoms with van der Waals surface area (Å²) in [7, 11) is 0.